The Labute approximate surface area is 125 Å². The SMILES string of the molecule is COC(=O)Cn1cc(NC(=O)c2cc3c(s2)CCC3)cn1. The van der Waals surface area contributed by atoms with Crippen molar-refractivity contribution in [3.8, 4) is 0 Å². The molecule has 3 rings (SSSR count). The van der Waals surface area contributed by atoms with E-state index < -0.39 is 0 Å². The zero-order valence-electron chi connectivity index (χ0n) is 11.6. The van der Waals surface area contributed by atoms with Crippen LogP contribution in [0.3, 0.4) is 0 Å². The Morgan fingerprint density at radius 3 is 3.10 bits per heavy atom. The molecule has 0 atom stereocenters. The van der Waals surface area contributed by atoms with E-state index in [0.29, 0.717) is 5.69 Å². The average Bonchev–Trinajstić information content (AvgIpc) is 3.13. The Morgan fingerprint density at radius 1 is 1.48 bits per heavy atom. The van der Waals surface area contributed by atoms with Gasteiger partial charge in [-0.15, -0.1) is 11.3 Å². The van der Waals surface area contributed by atoms with Crippen molar-refractivity contribution in [2.24, 2.45) is 0 Å². The Kier molecular flexibility index (Phi) is 3.74. The first-order valence-corrected chi connectivity index (χ1v) is 7.49. The summed E-state index contributed by atoms with van der Waals surface area (Å²) < 4.78 is 5.99. The van der Waals surface area contributed by atoms with E-state index in [1.165, 1.54) is 34.8 Å². The second-order valence-corrected chi connectivity index (χ2v) is 6.01. The van der Waals surface area contributed by atoms with E-state index in [1.54, 1.807) is 17.5 Å². The molecule has 0 radical (unpaired) electrons. The van der Waals surface area contributed by atoms with Crippen LogP contribution < -0.4 is 5.32 Å². The van der Waals surface area contributed by atoms with Crippen LogP contribution in [0, 0.1) is 0 Å². The molecule has 2 heterocycles. The normalized spacial score (nSPS) is 13.0. The minimum absolute atomic E-state index is 0.0274. The highest BCUT2D eigenvalue weighted by atomic mass is 32.1. The maximum Gasteiger partial charge on any atom is 0.327 e. The number of ether oxygens (including phenoxy) is 1. The summed E-state index contributed by atoms with van der Waals surface area (Å²) in [6.07, 6.45) is 6.45. The van der Waals surface area contributed by atoms with Crippen molar-refractivity contribution < 1.29 is 14.3 Å². The fourth-order valence-electron chi connectivity index (χ4n) is 2.35. The predicted molar refractivity (Wildman–Crippen MR) is 78.5 cm³/mol. The Balaban J connectivity index is 1.65. The summed E-state index contributed by atoms with van der Waals surface area (Å²) in [7, 11) is 1.32. The van der Waals surface area contributed by atoms with Gasteiger partial charge < -0.3 is 10.1 Å². The number of nitrogens with zero attached hydrogens (tertiary/aromatic N) is 2. The van der Waals surface area contributed by atoms with Gasteiger partial charge in [0.25, 0.3) is 5.91 Å². The van der Waals surface area contributed by atoms with Crippen LogP contribution in [0.15, 0.2) is 18.5 Å². The number of hydrogen-bond donors (Lipinski definition) is 1. The lowest BCUT2D eigenvalue weighted by Gasteiger charge is -2.00. The number of amides is 1. The number of nitrogens with one attached hydrogen (secondary N) is 1. The van der Waals surface area contributed by atoms with Crippen LogP contribution in [-0.4, -0.2) is 28.8 Å². The first-order chi connectivity index (χ1) is 10.2. The van der Waals surface area contributed by atoms with Crippen molar-refractivity contribution in [1.82, 2.24) is 9.78 Å². The van der Waals surface area contributed by atoms with Gasteiger partial charge in [0.05, 0.1) is 23.9 Å². The van der Waals surface area contributed by atoms with Crippen LogP contribution in [0.1, 0.15) is 26.5 Å². The molecule has 0 saturated heterocycles. The molecule has 1 amide bonds. The molecular formula is C14H15N3O3S. The standard InChI is InChI=1S/C14H15N3O3S/c1-20-13(18)8-17-7-10(6-15-17)16-14(19)12-5-9-3-2-4-11(9)21-12/h5-7H,2-4,8H2,1H3,(H,16,19). The lowest BCUT2D eigenvalue weighted by Crippen LogP contribution is -2.12. The summed E-state index contributed by atoms with van der Waals surface area (Å²) in [5.74, 6) is -0.516. The van der Waals surface area contributed by atoms with E-state index >= 15 is 0 Å². The molecule has 2 aromatic heterocycles. The van der Waals surface area contributed by atoms with Crippen molar-refractivity contribution >= 4 is 28.9 Å². The largest absolute Gasteiger partial charge is 0.468 e. The molecule has 21 heavy (non-hydrogen) atoms. The molecular weight excluding hydrogens is 290 g/mol. The number of thiophene rings is 1. The van der Waals surface area contributed by atoms with Gasteiger partial charge in [-0.1, -0.05) is 0 Å². The number of aromatic nitrogens is 2. The third kappa shape index (κ3) is 2.97. The van der Waals surface area contributed by atoms with Crippen LogP contribution in [0.4, 0.5) is 5.69 Å². The smallest absolute Gasteiger partial charge is 0.327 e. The van der Waals surface area contributed by atoms with E-state index in [9.17, 15) is 9.59 Å². The molecule has 1 N–H and O–H groups in total. The van der Waals surface area contributed by atoms with Crippen LogP contribution in [0.25, 0.3) is 0 Å². The highest BCUT2D eigenvalue weighted by molar-refractivity contribution is 7.14. The van der Waals surface area contributed by atoms with Crippen molar-refractivity contribution in [2.75, 3.05) is 12.4 Å². The molecule has 7 heteroatoms. The topological polar surface area (TPSA) is 73.2 Å². The summed E-state index contributed by atoms with van der Waals surface area (Å²) in [6.45, 7) is 0.0274. The van der Waals surface area contributed by atoms with Gasteiger partial charge in [-0.2, -0.15) is 5.10 Å². The van der Waals surface area contributed by atoms with E-state index in [-0.39, 0.29) is 18.4 Å². The molecule has 0 spiro atoms. The second-order valence-electron chi connectivity index (χ2n) is 4.87. The van der Waals surface area contributed by atoms with Crippen molar-refractivity contribution in [3.05, 3.63) is 33.8 Å². The van der Waals surface area contributed by atoms with Gasteiger partial charge in [0.15, 0.2) is 0 Å². The fourth-order valence-corrected chi connectivity index (χ4v) is 3.49. The molecule has 6 nitrogen and oxygen atoms in total. The van der Waals surface area contributed by atoms with E-state index in [4.69, 9.17) is 0 Å². The maximum atomic E-state index is 12.2. The van der Waals surface area contributed by atoms with Crippen LogP contribution in [0.5, 0.6) is 0 Å². The molecule has 1 aliphatic carbocycles. The molecule has 0 saturated carbocycles. The summed E-state index contributed by atoms with van der Waals surface area (Å²) in [6, 6.07) is 1.97. The van der Waals surface area contributed by atoms with E-state index in [1.807, 2.05) is 6.07 Å². The van der Waals surface area contributed by atoms with Gasteiger partial charge >= 0.3 is 5.97 Å². The van der Waals surface area contributed by atoms with Gasteiger partial charge in [0.2, 0.25) is 0 Å². The number of hydrogen-bond acceptors (Lipinski definition) is 5. The molecule has 1 aliphatic rings. The Morgan fingerprint density at radius 2 is 2.33 bits per heavy atom. The van der Waals surface area contributed by atoms with Gasteiger partial charge in [-0.25, -0.2) is 0 Å². The Bertz CT molecular complexity index is 668. The van der Waals surface area contributed by atoms with Crippen LogP contribution >= 0.6 is 11.3 Å². The average molecular weight is 305 g/mol. The van der Waals surface area contributed by atoms with Crippen molar-refractivity contribution in [3.63, 3.8) is 0 Å². The van der Waals surface area contributed by atoms with Crippen molar-refractivity contribution in [1.29, 1.82) is 0 Å². The van der Waals surface area contributed by atoms with Crippen LogP contribution in [-0.2, 0) is 28.9 Å². The number of aryl methyl sites for hydroxylation is 2. The zero-order valence-corrected chi connectivity index (χ0v) is 12.4. The second kappa shape index (κ2) is 5.69. The first kappa shape index (κ1) is 13.8. The van der Waals surface area contributed by atoms with Gasteiger partial charge in [0.1, 0.15) is 6.54 Å². The van der Waals surface area contributed by atoms with E-state index in [0.717, 1.165) is 17.7 Å². The lowest BCUT2D eigenvalue weighted by atomic mass is 10.2. The monoisotopic (exact) mass is 305 g/mol. The molecule has 0 bridgehead atoms. The zero-order chi connectivity index (χ0) is 14.8. The quantitative estimate of drug-likeness (QED) is 0.875. The molecule has 0 fully saturated rings. The lowest BCUT2D eigenvalue weighted by molar-refractivity contribution is -0.141. The van der Waals surface area contributed by atoms with Crippen LogP contribution in [0.2, 0.25) is 0 Å². The molecule has 0 aromatic carbocycles. The van der Waals surface area contributed by atoms with Gasteiger partial charge in [0, 0.05) is 11.1 Å². The first-order valence-electron chi connectivity index (χ1n) is 6.68. The summed E-state index contributed by atoms with van der Waals surface area (Å²) in [5, 5.41) is 6.80. The third-order valence-electron chi connectivity index (χ3n) is 3.38. The number of anilines is 1. The van der Waals surface area contributed by atoms with Gasteiger partial charge in [-0.3, -0.25) is 14.3 Å². The molecule has 2 aromatic rings. The number of carbonyl (C=O) groups is 2. The molecule has 0 unspecified atom stereocenters. The third-order valence-corrected chi connectivity index (χ3v) is 4.62. The molecule has 0 aliphatic heterocycles. The minimum Gasteiger partial charge on any atom is -0.468 e. The van der Waals surface area contributed by atoms with Gasteiger partial charge in [-0.05, 0) is 30.9 Å². The predicted octanol–water partition coefficient (Wildman–Crippen LogP) is 1.86. The highest BCUT2D eigenvalue weighted by Gasteiger charge is 2.18. The number of carbonyl (C=O) groups excluding carboxylic acids is 2. The number of fused-ring (bicyclic) bond motifs is 1. The maximum absolute atomic E-state index is 12.2. The highest BCUT2D eigenvalue weighted by Crippen LogP contribution is 2.30. The summed E-state index contributed by atoms with van der Waals surface area (Å²) >= 11 is 1.56. The number of methoxy groups -OCH3 is 1. The fraction of sp³-hybridized carbons (Fsp3) is 0.357. The van der Waals surface area contributed by atoms with Crippen molar-refractivity contribution in [2.45, 2.75) is 25.8 Å². The minimum atomic E-state index is -0.384. The Hall–Kier alpha value is -2.15. The summed E-state index contributed by atoms with van der Waals surface area (Å²) in [5.41, 5.74) is 1.86. The summed E-state index contributed by atoms with van der Waals surface area (Å²) in [4.78, 5) is 25.4. The number of rotatable bonds is 4. The van der Waals surface area contributed by atoms with E-state index in [2.05, 4.69) is 15.2 Å². The molecule has 110 valence electrons. The number of esters is 1.